The van der Waals surface area contributed by atoms with E-state index < -0.39 is 0 Å². The van der Waals surface area contributed by atoms with Crippen molar-refractivity contribution in [1.82, 2.24) is 0 Å². The number of anilines is 1. The standard InChI is InChI=1S/C23H27N3O3/c1-27-23-15-21(24)19(16-25-20-10-12-29-13-11-20)14-18(23)8-5-7-17-6-3-4-9-22(17)26-28-2/h3-9,14-16,20H,10-13,24H2,1-2H3/b8-5+,17-7-,25-16?,26-22+. The molecular formula is C23H27N3O3. The van der Waals surface area contributed by atoms with Crippen LogP contribution < -0.4 is 10.5 Å². The van der Waals surface area contributed by atoms with Crippen LogP contribution in [0.25, 0.3) is 6.08 Å². The van der Waals surface area contributed by atoms with E-state index in [-0.39, 0.29) is 0 Å². The Morgan fingerprint density at radius 1 is 1.10 bits per heavy atom. The Morgan fingerprint density at radius 3 is 2.66 bits per heavy atom. The average molecular weight is 393 g/mol. The molecule has 0 atom stereocenters. The van der Waals surface area contributed by atoms with E-state index >= 15 is 0 Å². The van der Waals surface area contributed by atoms with Crippen LogP contribution >= 0.6 is 0 Å². The van der Waals surface area contributed by atoms with E-state index in [1.54, 1.807) is 7.11 Å². The van der Waals surface area contributed by atoms with Gasteiger partial charge in [0.1, 0.15) is 18.6 Å². The summed E-state index contributed by atoms with van der Waals surface area (Å²) in [6.45, 7) is 1.53. The highest BCUT2D eigenvalue weighted by molar-refractivity contribution is 6.11. The maximum absolute atomic E-state index is 6.20. The van der Waals surface area contributed by atoms with Crippen LogP contribution in [-0.4, -0.2) is 45.4 Å². The average Bonchev–Trinajstić information content (AvgIpc) is 2.75. The minimum Gasteiger partial charge on any atom is -0.496 e. The normalized spacial score (nSPS) is 20.3. The lowest BCUT2D eigenvalue weighted by Crippen LogP contribution is -2.18. The molecule has 0 radical (unpaired) electrons. The van der Waals surface area contributed by atoms with Crippen molar-refractivity contribution in [3.05, 3.63) is 65.3 Å². The number of hydrogen-bond acceptors (Lipinski definition) is 6. The molecule has 0 aromatic heterocycles. The van der Waals surface area contributed by atoms with Gasteiger partial charge in [-0.05, 0) is 25.0 Å². The zero-order valence-corrected chi connectivity index (χ0v) is 16.9. The number of allylic oxidation sites excluding steroid dienone is 7. The number of methoxy groups -OCH3 is 1. The second-order valence-corrected chi connectivity index (χ2v) is 6.70. The predicted octanol–water partition coefficient (Wildman–Crippen LogP) is 3.94. The Bertz CT molecular complexity index is 889. The second kappa shape index (κ2) is 10.4. The number of nitrogens with two attached hydrogens (primary N) is 1. The summed E-state index contributed by atoms with van der Waals surface area (Å²) in [5, 5.41) is 4.03. The van der Waals surface area contributed by atoms with Crippen molar-refractivity contribution >= 4 is 23.7 Å². The van der Waals surface area contributed by atoms with Crippen molar-refractivity contribution < 1.29 is 14.3 Å². The fraction of sp³-hybridized carbons (Fsp3) is 0.304. The van der Waals surface area contributed by atoms with Crippen LogP contribution in [0.4, 0.5) is 5.69 Å². The summed E-state index contributed by atoms with van der Waals surface area (Å²) in [6, 6.07) is 4.12. The van der Waals surface area contributed by atoms with E-state index in [1.807, 2.05) is 60.9 Å². The molecule has 1 aromatic rings. The van der Waals surface area contributed by atoms with Crippen molar-refractivity contribution in [3.63, 3.8) is 0 Å². The minimum atomic E-state index is 0.290. The summed E-state index contributed by atoms with van der Waals surface area (Å²) in [6.07, 6.45) is 17.4. The largest absolute Gasteiger partial charge is 0.496 e. The van der Waals surface area contributed by atoms with Crippen LogP contribution in [0.5, 0.6) is 5.75 Å². The van der Waals surface area contributed by atoms with Crippen molar-refractivity contribution in [3.8, 4) is 5.75 Å². The molecule has 6 nitrogen and oxygen atoms in total. The lowest BCUT2D eigenvalue weighted by molar-refractivity contribution is 0.0872. The van der Waals surface area contributed by atoms with Gasteiger partial charge in [0.25, 0.3) is 0 Å². The van der Waals surface area contributed by atoms with E-state index in [2.05, 4.69) is 10.1 Å². The molecule has 0 bridgehead atoms. The van der Waals surface area contributed by atoms with E-state index in [9.17, 15) is 0 Å². The molecule has 2 N–H and O–H groups in total. The molecule has 1 fully saturated rings. The topological polar surface area (TPSA) is 78.4 Å². The summed E-state index contributed by atoms with van der Waals surface area (Å²) >= 11 is 0. The number of oxime groups is 1. The maximum Gasteiger partial charge on any atom is 0.128 e. The van der Waals surface area contributed by atoms with Gasteiger partial charge in [-0.25, -0.2) is 0 Å². The first-order valence-corrected chi connectivity index (χ1v) is 9.64. The van der Waals surface area contributed by atoms with Crippen molar-refractivity contribution in [2.75, 3.05) is 33.2 Å². The van der Waals surface area contributed by atoms with Gasteiger partial charge in [-0.15, -0.1) is 0 Å². The van der Waals surface area contributed by atoms with E-state index in [1.165, 1.54) is 7.11 Å². The fourth-order valence-corrected chi connectivity index (χ4v) is 3.13. The first-order chi connectivity index (χ1) is 14.2. The SMILES string of the molecule is CO\N=C1/C=CC=C/C1=C/C=C/c1cc(C=NC2CCOCC2)c(N)cc1OC. The van der Waals surface area contributed by atoms with Gasteiger partial charge in [0, 0.05) is 47.9 Å². The van der Waals surface area contributed by atoms with Crippen LogP contribution in [0.15, 0.2) is 64.3 Å². The molecule has 0 saturated carbocycles. The first-order valence-electron chi connectivity index (χ1n) is 9.64. The molecule has 0 amide bonds. The van der Waals surface area contributed by atoms with Crippen LogP contribution in [0.2, 0.25) is 0 Å². The molecule has 1 aromatic carbocycles. The van der Waals surface area contributed by atoms with Crippen LogP contribution in [-0.2, 0) is 9.57 Å². The molecule has 1 heterocycles. The van der Waals surface area contributed by atoms with Crippen LogP contribution in [0.1, 0.15) is 24.0 Å². The molecule has 0 spiro atoms. The number of ether oxygens (including phenoxy) is 2. The lowest BCUT2D eigenvalue weighted by atomic mass is 10.0. The summed E-state index contributed by atoms with van der Waals surface area (Å²) in [7, 11) is 3.17. The van der Waals surface area contributed by atoms with Crippen molar-refractivity contribution in [1.29, 1.82) is 0 Å². The van der Waals surface area contributed by atoms with E-state index in [0.29, 0.717) is 17.5 Å². The number of nitrogens with zero attached hydrogens (tertiary/aromatic N) is 2. The first kappa shape index (κ1) is 20.6. The highest BCUT2D eigenvalue weighted by Gasteiger charge is 2.12. The van der Waals surface area contributed by atoms with Gasteiger partial charge in [-0.1, -0.05) is 41.6 Å². The second-order valence-electron chi connectivity index (χ2n) is 6.70. The Hall–Kier alpha value is -3.12. The molecule has 1 aliphatic heterocycles. The zero-order valence-electron chi connectivity index (χ0n) is 16.9. The van der Waals surface area contributed by atoms with Gasteiger partial charge in [-0.2, -0.15) is 0 Å². The third-order valence-electron chi connectivity index (χ3n) is 4.73. The van der Waals surface area contributed by atoms with E-state index in [0.717, 1.165) is 48.5 Å². The maximum atomic E-state index is 6.20. The monoisotopic (exact) mass is 393 g/mol. The third-order valence-corrected chi connectivity index (χ3v) is 4.73. The summed E-state index contributed by atoms with van der Waals surface area (Å²) < 4.78 is 10.9. The van der Waals surface area contributed by atoms with Crippen LogP contribution in [0.3, 0.4) is 0 Å². The number of benzene rings is 1. The predicted molar refractivity (Wildman–Crippen MR) is 119 cm³/mol. The number of aliphatic imine (C=N–C) groups is 1. The minimum absolute atomic E-state index is 0.290. The highest BCUT2D eigenvalue weighted by atomic mass is 16.6. The molecular weight excluding hydrogens is 366 g/mol. The number of hydrogen-bond donors (Lipinski definition) is 1. The molecule has 1 aliphatic carbocycles. The molecule has 2 aliphatic rings. The quantitative estimate of drug-likeness (QED) is 0.451. The van der Waals surface area contributed by atoms with Gasteiger partial charge in [0.15, 0.2) is 0 Å². The van der Waals surface area contributed by atoms with Crippen molar-refractivity contribution in [2.45, 2.75) is 18.9 Å². The van der Waals surface area contributed by atoms with Gasteiger partial charge >= 0.3 is 0 Å². The number of rotatable bonds is 6. The van der Waals surface area contributed by atoms with Crippen LogP contribution in [0, 0.1) is 0 Å². The molecule has 29 heavy (non-hydrogen) atoms. The van der Waals surface area contributed by atoms with Crippen molar-refractivity contribution in [2.24, 2.45) is 10.1 Å². The molecule has 6 heteroatoms. The Labute approximate surface area is 171 Å². The Balaban J connectivity index is 1.82. The van der Waals surface area contributed by atoms with Gasteiger partial charge in [0.2, 0.25) is 0 Å². The Kier molecular flexibility index (Phi) is 7.41. The molecule has 152 valence electrons. The third kappa shape index (κ3) is 5.68. The molecule has 3 rings (SSSR count). The lowest BCUT2D eigenvalue weighted by Gasteiger charge is -2.18. The fourth-order valence-electron chi connectivity index (χ4n) is 3.13. The van der Waals surface area contributed by atoms with Gasteiger partial charge in [0.05, 0.1) is 13.2 Å². The molecule has 1 saturated heterocycles. The van der Waals surface area contributed by atoms with Gasteiger partial charge in [-0.3, -0.25) is 4.99 Å². The highest BCUT2D eigenvalue weighted by Crippen LogP contribution is 2.26. The summed E-state index contributed by atoms with van der Waals surface area (Å²) in [4.78, 5) is 9.59. The zero-order chi connectivity index (χ0) is 20.5. The smallest absolute Gasteiger partial charge is 0.128 e. The van der Waals surface area contributed by atoms with E-state index in [4.69, 9.17) is 20.0 Å². The summed E-state index contributed by atoms with van der Waals surface area (Å²) in [5.41, 5.74) is 10.4. The molecule has 0 unspecified atom stereocenters. The summed E-state index contributed by atoms with van der Waals surface area (Å²) in [5.74, 6) is 0.713. The Morgan fingerprint density at radius 2 is 1.90 bits per heavy atom. The number of nitrogen functional groups attached to an aromatic ring is 1. The van der Waals surface area contributed by atoms with Gasteiger partial charge < -0.3 is 20.0 Å².